The molecule has 0 bridgehead atoms. The van der Waals surface area contributed by atoms with E-state index in [4.69, 9.17) is 9.47 Å². The van der Waals surface area contributed by atoms with Gasteiger partial charge in [0.05, 0.1) is 67.7 Å². The summed E-state index contributed by atoms with van der Waals surface area (Å²) in [6.45, 7) is 14.9. The fourth-order valence-corrected chi connectivity index (χ4v) is 5.52. The van der Waals surface area contributed by atoms with Gasteiger partial charge in [0.1, 0.15) is 13.1 Å². The maximum Gasteiger partial charge on any atom is 0.102 e. The molecule has 0 unspecified atom stereocenters. The number of rotatable bonds is 32. The largest absolute Gasteiger partial charge is 0.375 e. The van der Waals surface area contributed by atoms with Gasteiger partial charge in [0.15, 0.2) is 0 Å². The summed E-state index contributed by atoms with van der Waals surface area (Å²) in [5, 5.41) is 0. The van der Waals surface area contributed by atoms with Crippen molar-refractivity contribution in [1.29, 1.82) is 0 Å². The van der Waals surface area contributed by atoms with E-state index in [9.17, 15) is 0 Å². The van der Waals surface area contributed by atoms with Crippen LogP contribution in [0, 0.1) is 5.92 Å². The minimum Gasteiger partial charge on any atom is -0.375 e. The zero-order valence-electron chi connectivity index (χ0n) is 29.1. The molecule has 0 saturated heterocycles. The van der Waals surface area contributed by atoms with Gasteiger partial charge in [-0.3, -0.25) is 0 Å². The van der Waals surface area contributed by atoms with Crippen LogP contribution in [0.15, 0.2) is 0 Å². The van der Waals surface area contributed by atoms with Crippen molar-refractivity contribution in [3.05, 3.63) is 0 Å². The first-order valence-electron chi connectivity index (χ1n) is 18.0. The Morgan fingerprint density at radius 3 is 0.975 bits per heavy atom. The lowest BCUT2D eigenvalue weighted by molar-refractivity contribution is -0.891. The Hall–Kier alpha value is -0.160. The molecule has 0 spiro atoms. The standard InChI is InChI=1S/C36H78N2O2/c1-8-10-12-14-16-18-20-22-24-26-28-37(4,5)30-32-39-34-36(3)35-40-33-31-38(6,7)29-27-25-23-21-19-17-15-13-11-9-2/h36H,8-35H2,1-7H3/q+2. The van der Waals surface area contributed by atoms with Crippen molar-refractivity contribution in [2.24, 2.45) is 5.92 Å². The van der Waals surface area contributed by atoms with Gasteiger partial charge in [0, 0.05) is 5.92 Å². The predicted molar refractivity (Wildman–Crippen MR) is 178 cm³/mol. The molecule has 4 heteroatoms. The van der Waals surface area contributed by atoms with Crippen LogP contribution >= 0.6 is 0 Å². The molecule has 0 aliphatic carbocycles. The van der Waals surface area contributed by atoms with E-state index in [1.54, 1.807) is 0 Å². The fourth-order valence-electron chi connectivity index (χ4n) is 5.52. The summed E-state index contributed by atoms with van der Waals surface area (Å²) in [6, 6.07) is 0. The van der Waals surface area contributed by atoms with Crippen molar-refractivity contribution >= 4 is 0 Å². The van der Waals surface area contributed by atoms with E-state index < -0.39 is 0 Å². The third-order valence-electron chi connectivity index (χ3n) is 8.72. The normalized spacial score (nSPS) is 12.6. The topological polar surface area (TPSA) is 18.5 Å². The first kappa shape index (κ1) is 39.8. The van der Waals surface area contributed by atoms with Crippen molar-refractivity contribution in [3.63, 3.8) is 0 Å². The summed E-state index contributed by atoms with van der Waals surface area (Å²) in [5.74, 6) is 0.468. The van der Waals surface area contributed by atoms with Crippen molar-refractivity contribution in [1.82, 2.24) is 0 Å². The van der Waals surface area contributed by atoms with Crippen molar-refractivity contribution in [2.45, 2.75) is 149 Å². The molecule has 0 aliphatic rings. The molecule has 0 amide bonds. The second kappa shape index (κ2) is 27.7. The van der Waals surface area contributed by atoms with Crippen LogP contribution in [0.1, 0.15) is 149 Å². The summed E-state index contributed by atoms with van der Waals surface area (Å²) in [5.41, 5.74) is 0. The lowest BCUT2D eigenvalue weighted by Gasteiger charge is -2.30. The fraction of sp³-hybridized carbons (Fsp3) is 1.00. The summed E-state index contributed by atoms with van der Waals surface area (Å²) >= 11 is 0. The van der Waals surface area contributed by atoms with Crippen LogP contribution in [0.3, 0.4) is 0 Å². The van der Waals surface area contributed by atoms with E-state index in [1.807, 2.05) is 0 Å². The van der Waals surface area contributed by atoms with Crippen molar-refractivity contribution < 1.29 is 18.4 Å². The highest BCUT2D eigenvalue weighted by atomic mass is 16.5. The Labute approximate surface area is 254 Å². The summed E-state index contributed by atoms with van der Waals surface area (Å²) in [6.07, 6.45) is 28.2. The summed E-state index contributed by atoms with van der Waals surface area (Å²) in [4.78, 5) is 0. The number of likely N-dealkylation sites (N-methyl/N-ethyl adjacent to an activating group) is 2. The maximum atomic E-state index is 6.05. The first-order valence-corrected chi connectivity index (χ1v) is 18.0. The number of nitrogens with zero attached hydrogens (tertiary/aromatic N) is 2. The number of unbranched alkanes of at least 4 members (excludes halogenated alkanes) is 18. The highest BCUT2D eigenvalue weighted by Gasteiger charge is 2.16. The van der Waals surface area contributed by atoms with E-state index in [0.29, 0.717) is 5.92 Å². The molecule has 242 valence electrons. The smallest absolute Gasteiger partial charge is 0.102 e. The second-order valence-corrected chi connectivity index (χ2v) is 14.4. The van der Waals surface area contributed by atoms with Gasteiger partial charge < -0.3 is 18.4 Å². The van der Waals surface area contributed by atoms with E-state index >= 15 is 0 Å². The molecule has 0 aliphatic heterocycles. The lowest BCUT2D eigenvalue weighted by atomic mass is 10.1. The van der Waals surface area contributed by atoms with E-state index in [2.05, 4.69) is 49.0 Å². The molecule has 0 rings (SSSR count). The number of ether oxygens (including phenoxy) is 2. The number of quaternary nitrogens is 2. The molecule has 0 saturated carbocycles. The van der Waals surface area contributed by atoms with Crippen LogP contribution in [0.5, 0.6) is 0 Å². The minimum atomic E-state index is 0.468. The summed E-state index contributed by atoms with van der Waals surface area (Å²) < 4.78 is 14.2. The number of hydrogen-bond acceptors (Lipinski definition) is 2. The molecule has 4 nitrogen and oxygen atoms in total. The highest BCUT2D eigenvalue weighted by molar-refractivity contribution is 4.51. The van der Waals surface area contributed by atoms with Gasteiger partial charge in [-0.15, -0.1) is 0 Å². The first-order chi connectivity index (χ1) is 19.2. The molecule has 0 aromatic heterocycles. The average Bonchev–Trinajstić information content (AvgIpc) is 2.91. The van der Waals surface area contributed by atoms with E-state index in [1.165, 1.54) is 142 Å². The molecular weight excluding hydrogens is 492 g/mol. The molecule has 0 fully saturated rings. The van der Waals surface area contributed by atoms with Gasteiger partial charge in [-0.25, -0.2) is 0 Å². The molecule has 0 aromatic rings. The lowest BCUT2D eigenvalue weighted by Crippen LogP contribution is -2.43. The van der Waals surface area contributed by atoms with Crippen molar-refractivity contribution in [3.8, 4) is 0 Å². The Morgan fingerprint density at radius 2 is 0.675 bits per heavy atom. The molecule has 0 N–H and O–H groups in total. The zero-order valence-corrected chi connectivity index (χ0v) is 29.1. The quantitative estimate of drug-likeness (QED) is 0.0592. The highest BCUT2D eigenvalue weighted by Crippen LogP contribution is 2.13. The second-order valence-electron chi connectivity index (χ2n) is 14.4. The van der Waals surface area contributed by atoms with Gasteiger partial charge in [0.25, 0.3) is 0 Å². The Balaban J connectivity index is 3.61. The summed E-state index contributed by atoms with van der Waals surface area (Å²) in [7, 11) is 9.44. The maximum absolute atomic E-state index is 6.05. The molecule has 40 heavy (non-hydrogen) atoms. The van der Waals surface area contributed by atoms with Crippen LogP contribution in [0.2, 0.25) is 0 Å². The molecular formula is C36H78N2O2+2. The SMILES string of the molecule is CCCCCCCCCCCC[N+](C)(C)CCOCC(C)COCC[N+](C)(C)CCCCCCCCCCCC. The Bertz CT molecular complexity index is 465. The Morgan fingerprint density at radius 1 is 0.400 bits per heavy atom. The minimum absolute atomic E-state index is 0.468. The molecule has 0 heterocycles. The van der Waals surface area contributed by atoms with Gasteiger partial charge in [-0.2, -0.15) is 0 Å². The molecule has 0 aromatic carbocycles. The van der Waals surface area contributed by atoms with Crippen molar-refractivity contribution in [2.75, 3.05) is 80.8 Å². The van der Waals surface area contributed by atoms with Gasteiger partial charge in [-0.05, 0) is 25.7 Å². The van der Waals surface area contributed by atoms with Gasteiger partial charge >= 0.3 is 0 Å². The zero-order chi connectivity index (χ0) is 29.8. The van der Waals surface area contributed by atoms with Crippen LogP contribution in [-0.4, -0.2) is 89.8 Å². The third kappa shape index (κ3) is 29.3. The van der Waals surface area contributed by atoms with E-state index in [-0.39, 0.29) is 0 Å². The van der Waals surface area contributed by atoms with Gasteiger partial charge in [0.2, 0.25) is 0 Å². The van der Waals surface area contributed by atoms with Crippen LogP contribution in [0.25, 0.3) is 0 Å². The van der Waals surface area contributed by atoms with E-state index in [0.717, 1.165) is 48.5 Å². The molecule has 0 atom stereocenters. The predicted octanol–water partition coefficient (Wildman–Crippen LogP) is 9.65. The molecule has 0 radical (unpaired) electrons. The third-order valence-corrected chi connectivity index (χ3v) is 8.72. The average molecular weight is 571 g/mol. The monoisotopic (exact) mass is 571 g/mol. The number of hydrogen-bond donors (Lipinski definition) is 0. The van der Waals surface area contributed by atoms with Crippen LogP contribution in [0.4, 0.5) is 0 Å². The van der Waals surface area contributed by atoms with Crippen LogP contribution < -0.4 is 0 Å². The van der Waals surface area contributed by atoms with Crippen LogP contribution in [-0.2, 0) is 9.47 Å². The van der Waals surface area contributed by atoms with Gasteiger partial charge in [-0.1, -0.05) is 124 Å². The Kier molecular flexibility index (Phi) is 27.5.